The van der Waals surface area contributed by atoms with Gasteiger partial charge in [0, 0.05) is 23.3 Å². The molecule has 1 heterocycles. The number of rotatable bonds is 3. The van der Waals surface area contributed by atoms with Crippen LogP contribution >= 0.6 is 0 Å². The standard InChI is InChI=1S/C29H39FN/c1-18-13-19(2)20(3)23(14-18)25-12-11-22-24(17-29(7,8)9)27(30)21(16-28(4,5)6)15-26(22)31(25)10/h11-15H,16-17H2,1-10H3/q+1. The summed E-state index contributed by atoms with van der Waals surface area (Å²) in [6.07, 6.45) is 1.44. The van der Waals surface area contributed by atoms with Gasteiger partial charge in [-0.25, -0.2) is 4.39 Å². The first-order chi connectivity index (χ1) is 14.2. The summed E-state index contributed by atoms with van der Waals surface area (Å²) in [5.74, 6) is -0.0207. The van der Waals surface area contributed by atoms with Crippen molar-refractivity contribution in [2.75, 3.05) is 0 Å². The number of nitrogens with zero attached hydrogens (tertiary/aromatic N) is 1. The van der Waals surface area contributed by atoms with Crippen LogP contribution in [-0.2, 0) is 19.9 Å². The molecule has 0 spiro atoms. The van der Waals surface area contributed by atoms with Gasteiger partial charge in [0.05, 0.1) is 5.39 Å². The zero-order valence-electron chi connectivity index (χ0n) is 21.1. The number of halogens is 1. The second-order valence-corrected chi connectivity index (χ2v) is 11.8. The smallest absolute Gasteiger partial charge is 0.206 e. The van der Waals surface area contributed by atoms with E-state index < -0.39 is 0 Å². The van der Waals surface area contributed by atoms with Gasteiger partial charge in [-0.3, -0.25) is 0 Å². The zero-order chi connectivity index (χ0) is 23.3. The molecule has 0 aliphatic heterocycles. The first kappa shape index (κ1) is 23.4. The van der Waals surface area contributed by atoms with Crippen LogP contribution in [0.3, 0.4) is 0 Å². The van der Waals surface area contributed by atoms with Gasteiger partial charge in [0.2, 0.25) is 11.2 Å². The average Bonchev–Trinajstić information content (AvgIpc) is 2.60. The quantitative estimate of drug-likeness (QED) is 0.385. The summed E-state index contributed by atoms with van der Waals surface area (Å²) in [4.78, 5) is 0. The molecule has 0 unspecified atom stereocenters. The minimum atomic E-state index is -0.0207. The van der Waals surface area contributed by atoms with Crippen LogP contribution in [0.15, 0.2) is 30.3 Å². The predicted octanol–water partition coefficient (Wildman–Crippen LogP) is 7.57. The Morgan fingerprint density at radius 1 is 0.839 bits per heavy atom. The molecule has 0 saturated heterocycles. The minimum absolute atomic E-state index is 0.00953. The van der Waals surface area contributed by atoms with Gasteiger partial charge < -0.3 is 0 Å². The first-order valence-electron chi connectivity index (χ1n) is 11.4. The highest BCUT2D eigenvalue weighted by Crippen LogP contribution is 2.34. The molecule has 31 heavy (non-hydrogen) atoms. The van der Waals surface area contributed by atoms with E-state index >= 15 is 4.39 Å². The van der Waals surface area contributed by atoms with E-state index in [1.165, 1.54) is 27.9 Å². The molecule has 2 heteroatoms. The molecule has 3 rings (SSSR count). The van der Waals surface area contributed by atoms with Crippen LogP contribution in [0.1, 0.15) is 69.4 Å². The van der Waals surface area contributed by atoms with E-state index in [1.54, 1.807) is 0 Å². The van der Waals surface area contributed by atoms with Crippen molar-refractivity contribution in [3.63, 3.8) is 0 Å². The molecule has 0 bridgehead atoms. The fraction of sp³-hybridized carbons (Fsp3) is 0.483. The van der Waals surface area contributed by atoms with E-state index in [9.17, 15) is 0 Å². The topological polar surface area (TPSA) is 3.88 Å². The van der Waals surface area contributed by atoms with Crippen LogP contribution in [0.25, 0.3) is 22.2 Å². The molecule has 1 aromatic heterocycles. The third kappa shape index (κ3) is 5.00. The predicted molar refractivity (Wildman–Crippen MR) is 131 cm³/mol. The SMILES string of the molecule is Cc1cc(C)c(C)c(-c2ccc3c(CC(C)(C)C)c(F)c(CC(C)(C)C)cc3[n+]2C)c1. The van der Waals surface area contributed by atoms with Crippen molar-refractivity contribution in [3.05, 3.63) is 64.0 Å². The molecule has 2 aromatic carbocycles. The summed E-state index contributed by atoms with van der Waals surface area (Å²) < 4.78 is 18.0. The van der Waals surface area contributed by atoms with Gasteiger partial charge in [-0.05, 0) is 73.3 Å². The normalized spacial score (nSPS) is 12.6. The summed E-state index contributed by atoms with van der Waals surface area (Å²) in [6, 6.07) is 10.9. The molecule has 0 N–H and O–H groups in total. The lowest BCUT2D eigenvalue weighted by Gasteiger charge is -2.23. The van der Waals surface area contributed by atoms with Crippen molar-refractivity contribution in [1.29, 1.82) is 0 Å². The van der Waals surface area contributed by atoms with Crippen LogP contribution < -0.4 is 4.57 Å². The number of aromatic nitrogens is 1. The zero-order valence-corrected chi connectivity index (χ0v) is 21.1. The molecular weight excluding hydrogens is 381 g/mol. The van der Waals surface area contributed by atoms with Crippen LogP contribution in [0.2, 0.25) is 0 Å². The Morgan fingerprint density at radius 2 is 1.45 bits per heavy atom. The third-order valence-electron chi connectivity index (χ3n) is 6.11. The highest BCUT2D eigenvalue weighted by Gasteiger charge is 2.26. The van der Waals surface area contributed by atoms with Gasteiger partial charge >= 0.3 is 0 Å². The molecule has 0 amide bonds. The first-order valence-corrected chi connectivity index (χ1v) is 11.4. The van der Waals surface area contributed by atoms with Gasteiger partial charge in [0.25, 0.3) is 0 Å². The molecule has 0 radical (unpaired) electrons. The van der Waals surface area contributed by atoms with E-state index in [-0.39, 0.29) is 16.6 Å². The lowest BCUT2D eigenvalue weighted by Crippen LogP contribution is -2.33. The molecule has 1 nitrogen and oxygen atoms in total. The maximum Gasteiger partial charge on any atom is 0.213 e. The second-order valence-electron chi connectivity index (χ2n) is 11.8. The number of hydrogen-bond donors (Lipinski definition) is 0. The van der Waals surface area contributed by atoms with Crippen LogP contribution in [0.4, 0.5) is 4.39 Å². The fourth-order valence-corrected chi connectivity index (χ4v) is 4.62. The molecule has 0 fully saturated rings. The number of aryl methyl sites for hydroxylation is 3. The van der Waals surface area contributed by atoms with E-state index in [4.69, 9.17) is 0 Å². The van der Waals surface area contributed by atoms with Gasteiger partial charge in [-0.15, -0.1) is 0 Å². The summed E-state index contributed by atoms with van der Waals surface area (Å²) in [5, 5.41) is 1.03. The van der Waals surface area contributed by atoms with E-state index in [0.29, 0.717) is 0 Å². The van der Waals surface area contributed by atoms with Gasteiger partial charge in [0.15, 0.2) is 0 Å². The lowest BCUT2D eigenvalue weighted by molar-refractivity contribution is -0.633. The Balaban J connectivity index is 2.36. The number of pyridine rings is 1. The molecule has 0 aliphatic rings. The number of benzene rings is 2. The molecule has 0 aliphatic carbocycles. The summed E-state index contributed by atoms with van der Waals surface area (Å²) in [7, 11) is 2.12. The van der Waals surface area contributed by atoms with Crippen LogP contribution in [0, 0.1) is 37.4 Å². The fourth-order valence-electron chi connectivity index (χ4n) is 4.62. The van der Waals surface area contributed by atoms with Crippen molar-refractivity contribution < 1.29 is 8.96 Å². The molecule has 0 atom stereocenters. The van der Waals surface area contributed by atoms with Gasteiger partial charge in [-0.1, -0.05) is 53.2 Å². The summed E-state index contributed by atoms with van der Waals surface area (Å²) in [5.41, 5.74) is 9.10. The maximum atomic E-state index is 15.8. The number of hydrogen-bond acceptors (Lipinski definition) is 0. The van der Waals surface area contributed by atoms with Gasteiger partial charge in [-0.2, -0.15) is 4.57 Å². The Hall–Kier alpha value is -2.22. The minimum Gasteiger partial charge on any atom is -0.206 e. The maximum absolute atomic E-state index is 15.8. The van der Waals surface area contributed by atoms with E-state index in [0.717, 1.165) is 34.9 Å². The van der Waals surface area contributed by atoms with Crippen LogP contribution in [0.5, 0.6) is 0 Å². The Labute approximate surface area is 188 Å². The Kier molecular flexibility index (Phi) is 6.08. The van der Waals surface area contributed by atoms with Crippen molar-refractivity contribution in [1.82, 2.24) is 0 Å². The summed E-state index contributed by atoms with van der Waals surface area (Å²) >= 11 is 0. The molecule has 166 valence electrons. The average molecular weight is 421 g/mol. The van der Waals surface area contributed by atoms with Crippen molar-refractivity contribution in [3.8, 4) is 11.3 Å². The van der Waals surface area contributed by atoms with Crippen molar-refractivity contribution in [2.24, 2.45) is 17.9 Å². The second kappa shape index (κ2) is 8.04. The van der Waals surface area contributed by atoms with Crippen molar-refractivity contribution >= 4 is 10.9 Å². The highest BCUT2D eigenvalue weighted by atomic mass is 19.1. The lowest BCUT2D eigenvalue weighted by atomic mass is 9.82. The largest absolute Gasteiger partial charge is 0.213 e. The van der Waals surface area contributed by atoms with Crippen molar-refractivity contribution in [2.45, 2.75) is 75.2 Å². The monoisotopic (exact) mass is 420 g/mol. The third-order valence-corrected chi connectivity index (χ3v) is 6.11. The Morgan fingerprint density at radius 3 is 2.03 bits per heavy atom. The molecule has 0 saturated carbocycles. The Bertz CT molecular complexity index is 1140. The van der Waals surface area contributed by atoms with Crippen LogP contribution in [-0.4, -0.2) is 0 Å². The highest BCUT2D eigenvalue weighted by molar-refractivity contribution is 5.83. The summed E-state index contributed by atoms with van der Waals surface area (Å²) in [6.45, 7) is 19.6. The molecular formula is C29H39FN+. The van der Waals surface area contributed by atoms with Gasteiger partial charge in [0.1, 0.15) is 12.9 Å². The van der Waals surface area contributed by atoms with E-state index in [2.05, 4.69) is 104 Å². The number of fused-ring (bicyclic) bond motifs is 1. The molecule has 3 aromatic rings. The van der Waals surface area contributed by atoms with E-state index in [1.807, 2.05) is 0 Å².